The molecule has 4 heteroatoms. The first-order valence-electron chi connectivity index (χ1n) is 8.97. The fourth-order valence-electron chi connectivity index (χ4n) is 2.14. The molecule has 0 heterocycles. The van der Waals surface area contributed by atoms with Crippen LogP contribution in [0.25, 0.3) is 0 Å². The van der Waals surface area contributed by atoms with Gasteiger partial charge < -0.3 is 9.47 Å². The van der Waals surface area contributed by atoms with E-state index in [0.717, 1.165) is 19.3 Å². The summed E-state index contributed by atoms with van der Waals surface area (Å²) in [5, 5.41) is 0. The fourth-order valence-corrected chi connectivity index (χ4v) is 2.14. The molecule has 0 radical (unpaired) electrons. The molecule has 0 bridgehead atoms. The Morgan fingerprint density at radius 1 is 0.917 bits per heavy atom. The number of carbonyl (C=O) groups is 2. The number of hydrogen-bond acceptors (Lipinski definition) is 4. The monoisotopic (exact) mass is 334 g/mol. The normalized spacial score (nSPS) is 12.0. The summed E-state index contributed by atoms with van der Waals surface area (Å²) >= 11 is 0. The van der Waals surface area contributed by atoms with Crippen LogP contribution in [0.4, 0.5) is 0 Å². The third-order valence-corrected chi connectivity index (χ3v) is 4.14. The van der Waals surface area contributed by atoms with Crippen molar-refractivity contribution in [3.63, 3.8) is 0 Å². The van der Waals surface area contributed by atoms with Crippen LogP contribution in [0.1, 0.15) is 66.2 Å². The second kappa shape index (κ2) is 10.8. The predicted molar refractivity (Wildman–Crippen MR) is 95.1 cm³/mol. The molecule has 1 aromatic rings. The minimum Gasteiger partial charge on any atom is -0.423 e. The summed E-state index contributed by atoms with van der Waals surface area (Å²) in [6, 6.07) is 6.81. The van der Waals surface area contributed by atoms with Gasteiger partial charge in [0, 0.05) is 6.42 Å². The summed E-state index contributed by atoms with van der Waals surface area (Å²) in [7, 11) is 0. The summed E-state index contributed by atoms with van der Waals surface area (Å²) in [5.41, 5.74) is 0. The lowest BCUT2D eigenvalue weighted by atomic mass is 9.99. The van der Waals surface area contributed by atoms with Gasteiger partial charge in [-0.2, -0.15) is 0 Å². The zero-order chi connectivity index (χ0) is 17.9. The lowest BCUT2D eigenvalue weighted by Crippen LogP contribution is -2.22. The molecule has 0 saturated heterocycles. The van der Waals surface area contributed by atoms with Crippen LogP contribution in [0.15, 0.2) is 24.3 Å². The molecule has 134 valence electrons. The van der Waals surface area contributed by atoms with E-state index in [1.165, 1.54) is 12.8 Å². The maximum Gasteiger partial charge on any atom is 0.314 e. The molecule has 1 rings (SSSR count). The van der Waals surface area contributed by atoms with Crippen LogP contribution < -0.4 is 9.47 Å². The first kappa shape index (κ1) is 20.2. The molecule has 4 nitrogen and oxygen atoms in total. The van der Waals surface area contributed by atoms with Gasteiger partial charge in [0.25, 0.3) is 0 Å². The summed E-state index contributed by atoms with van der Waals surface area (Å²) in [6.45, 7) is 7.93. The summed E-state index contributed by atoms with van der Waals surface area (Å²) in [6.07, 6.45) is 5.76. The number of hydrogen-bond donors (Lipinski definition) is 0. The van der Waals surface area contributed by atoms with Crippen LogP contribution in [-0.2, 0) is 9.59 Å². The first-order chi connectivity index (χ1) is 11.5. The highest BCUT2D eigenvalue weighted by molar-refractivity contribution is 5.77. The molecule has 0 aromatic heterocycles. The molecule has 0 aliphatic rings. The van der Waals surface area contributed by atoms with E-state index in [-0.39, 0.29) is 23.8 Å². The zero-order valence-electron chi connectivity index (χ0n) is 15.3. The topological polar surface area (TPSA) is 52.6 Å². The van der Waals surface area contributed by atoms with Gasteiger partial charge in [0.15, 0.2) is 11.5 Å². The summed E-state index contributed by atoms with van der Waals surface area (Å²) < 4.78 is 10.8. The van der Waals surface area contributed by atoms with Gasteiger partial charge in [0.2, 0.25) is 0 Å². The van der Waals surface area contributed by atoms with Crippen molar-refractivity contribution in [2.24, 2.45) is 11.8 Å². The molecule has 0 spiro atoms. The second-order valence-corrected chi connectivity index (χ2v) is 6.54. The molecule has 0 amide bonds. The molecular weight excluding hydrogens is 304 g/mol. The maximum atomic E-state index is 12.1. The number of rotatable bonds is 10. The van der Waals surface area contributed by atoms with Gasteiger partial charge in [-0.05, 0) is 24.5 Å². The van der Waals surface area contributed by atoms with Crippen molar-refractivity contribution in [2.75, 3.05) is 0 Å². The lowest BCUT2D eigenvalue weighted by molar-refractivity contribution is -0.141. The molecule has 1 unspecified atom stereocenters. The number of carbonyl (C=O) groups excluding carboxylic acids is 2. The van der Waals surface area contributed by atoms with Gasteiger partial charge in [-0.15, -0.1) is 0 Å². The van der Waals surface area contributed by atoms with Crippen molar-refractivity contribution in [3.8, 4) is 11.5 Å². The third-order valence-electron chi connectivity index (χ3n) is 4.14. The molecule has 0 aliphatic heterocycles. The van der Waals surface area contributed by atoms with Gasteiger partial charge in [-0.25, -0.2) is 0 Å². The first-order valence-corrected chi connectivity index (χ1v) is 8.97. The van der Waals surface area contributed by atoms with Gasteiger partial charge >= 0.3 is 11.9 Å². The van der Waals surface area contributed by atoms with Gasteiger partial charge in [-0.3, -0.25) is 9.59 Å². The minimum atomic E-state index is -0.312. The molecule has 0 N–H and O–H groups in total. The molecule has 0 aliphatic carbocycles. The maximum absolute atomic E-state index is 12.1. The van der Waals surface area contributed by atoms with Crippen LogP contribution in [0.2, 0.25) is 0 Å². The highest BCUT2D eigenvalue weighted by atomic mass is 16.6. The van der Waals surface area contributed by atoms with Crippen molar-refractivity contribution >= 4 is 11.9 Å². The van der Waals surface area contributed by atoms with E-state index in [0.29, 0.717) is 17.9 Å². The quantitative estimate of drug-likeness (QED) is 0.337. The van der Waals surface area contributed by atoms with Crippen molar-refractivity contribution < 1.29 is 19.1 Å². The number of ether oxygens (including phenoxy) is 2. The molecule has 1 aromatic carbocycles. The lowest BCUT2D eigenvalue weighted by Gasteiger charge is -2.15. The van der Waals surface area contributed by atoms with Crippen LogP contribution in [0, 0.1) is 11.8 Å². The Kier molecular flexibility index (Phi) is 9.13. The van der Waals surface area contributed by atoms with E-state index in [2.05, 4.69) is 6.92 Å². The van der Waals surface area contributed by atoms with Gasteiger partial charge in [-0.1, -0.05) is 65.5 Å². The Balaban J connectivity index is 2.57. The van der Waals surface area contributed by atoms with Crippen LogP contribution in [-0.4, -0.2) is 11.9 Å². The van der Waals surface area contributed by atoms with Gasteiger partial charge in [0.1, 0.15) is 0 Å². The minimum absolute atomic E-state index is 0.190. The van der Waals surface area contributed by atoms with E-state index < -0.39 is 0 Å². The molecule has 0 saturated carbocycles. The Labute approximate surface area is 145 Å². The summed E-state index contributed by atoms with van der Waals surface area (Å²) in [4.78, 5) is 24.1. The van der Waals surface area contributed by atoms with E-state index >= 15 is 0 Å². The van der Waals surface area contributed by atoms with E-state index in [1.54, 1.807) is 24.3 Å². The van der Waals surface area contributed by atoms with Crippen molar-refractivity contribution in [3.05, 3.63) is 24.3 Å². The molecule has 1 atom stereocenters. The van der Waals surface area contributed by atoms with Crippen LogP contribution >= 0.6 is 0 Å². The number of unbranched alkanes of at least 4 members (excludes halogenated alkanes) is 4. The average molecular weight is 334 g/mol. The fraction of sp³-hybridized carbons (Fsp3) is 0.600. The van der Waals surface area contributed by atoms with Gasteiger partial charge in [0.05, 0.1) is 5.92 Å². The third kappa shape index (κ3) is 7.16. The Morgan fingerprint density at radius 3 is 2.08 bits per heavy atom. The largest absolute Gasteiger partial charge is 0.423 e. The second-order valence-electron chi connectivity index (χ2n) is 6.54. The Bertz CT molecular complexity index is 522. The zero-order valence-corrected chi connectivity index (χ0v) is 15.3. The summed E-state index contributed by atoms with van der Waals surface area (Å²) in [5.74, 6) is -0.0164. The smallest absolute Gasteiger partial charge is 0.314 e. The van der Waals surface area contributed by atoms with Crippen LogP contribution in [0.5, 0.6) is 11.5 Å². The van der Waals surface area contributed by atoms with E-state index in [9.17, 15) is 9.59 Å². The van der Waals surface area contributed by atoms with Crippen molar-refractivity contribution in [1.82, 2.24) is 0 Å². The van der Waals surface area contributed by atoms with Crippen molar-refractivity contribution in [1.29, 1.82) is 0 Å². The molecule has 24 heavy (non-hydrogen) atoms. The number of benzene rings is 1. The van der Waals surface area contributed by atoms with E-state index in [4.69, 9.17) is 9.47 Å². The van der Waals surface area contributed by atoms with E-state index in [1.807, 2.05) is 20.8 Å². The molecule has 0 fully saturated rings. The van der Waals surface area contributed by atoms with Crippen LogP contribution in [0.3, 0.4) is 0 Å². The number of esters is 2. The highest BCUT2D eigenvalue weighted by Crippen LogP contribution is 2.28. The Hall–Kier alpha value is -1.84. The Morgan fingerprint density at radius 2 is 1.50 bits per heavy atom. The highest BCUT2D eigenvalue weighted by Gasteiger charge is 2.21. The molecular formula is C20H30O4. The van der Waals surface area contributed by atoms with Crippen molar-refractivity contribution in [2.45, 2.75) is 66.2 Å². The average Bonchev–Trinajstić information content (AvgIpc) is 2.55. The predicted octanol–water partition coefficient (Wildman–Crippen LogP) is 5.15. The standard InChI is InChI=1S/C20H30O4/c1-5-6-7-8-9-14-19(21)23-17-12-10-11-13-18(17)24-20(22)16(4)15(2)3/h10-13,15-16H,5-9,14H2,1-4H3. The SMILES string of the molecule is CCCCCCCC(=O)Oc1ccccc1OC(=O)C(C)C(C)C. The number of para-hydroxylation sites is 2.